The lowest BCUT2D eigenvalue weighted by molar-refractivity contribution is 0.257. The highest BCUT2D eigenvalue weighted by molar-refractivity contribution is 7.89. The Morgan fingerprint density at radius 1 is 1.19 bits per heavy atom. The van der Waals surface area contributed by atoms with Crippen molar-refractivity contribution in [1.82, 2.24) is 4.31 Å². The van der Waals surface area contributed by atoms with Crippen LogP contribution in [0.1, 0.15) is 32.1 Å². The third-order valence-corrected chi connectivity index (χ3v) is 5.43. The molecule has 2 rings (SSSR count). The molecule has 6 heteroatoms. The van der Waals surface area contributed by atoms with Crippen molar-refractivity contribution in [3.63, 3.8) is 0 Å². The van der Waals surface area contributed by atoms with Crippen molar-refractivity contribution in [2.24, 2.45) is 11.7 Å². The van der Waals surface area contributed by atoms with E-state index in [9.17, 15) is 8.42 Å². The molecule has 1 aliphatic carbocycles. The fourth-order valence-electron chi connectivity index (χ4n) is 2.25. The van der Waals surface area contributed by atoms with Crippen LogP contribution in [0, 0.1) is 5.92 Å². The minimum Gasteiger partial charge on any atom is -0.329 e. The molecule has 0 aromatic carbocycles. The van der Waals surface area contributed by atoms with E-state index in [4.69, 9.17) is 5.73 Å². The average Bonchev–Trinajstić information content (AvgIpc) is 3.01. The third-order valence-electron chi connectivity index (χ3n) is 3.35. The summed E-state index contributed by atoms with van der Waals surface area (Å²) >= 11 is 0. The first kappa shape index (κ1) is 14.2. The maximum atomic E-state index is 12.1. The highest BCUT2D eigenvalue weighted by atomic mass is 35.5. The Labute approximate surface area is 104 Å². The van der Waals surface area contributed by atoms with Crippen LogP contribution in [0.5, 0.6) is 0 Å². The zero-order chi connectivity index (χ0) is 10.9. The van der Waals surface area contributed by atoms with Gasteiger partial charge in [0.15, 0.2) is 0 Å². The van der Waals surface area contributed by atoms with Crippen molar-refractivity contribution in [2.75, 3.05) is 18.8 Å². The molecule has 1 aliphatic heterocycles. The largest absolute Gasteiger partial charge is 0.329 e. The van der Waals surface area contributed by atoms with Gasteiger partial charge in [-0.15, -0.1) is 12.4 Å². The number of sulfonamides is 1. The maximum absolute atomic E-state index is 12.1. The number of piperidine rings is 1. The van der Waals surface area contributed by atoms with Crippen LogP contribution in [-0.2, 0) is 10.0 Å². The quantitative estimate of drug-likeness (QED) is 0.826. The van der Waals surface area contributed by atoms with Gasteiger partial charge in [0.05, 0.1) is 5.75 Å². The lowest BCUT2D eigenvalue weighted by Gasteiger charge is -2.33. The van der Waals surface area contributed by atoms with Crippen molar-refractivity contribution in [2.45, 2.75) is 38.1 Å². The van der Waals surface area contributed by atoms with Gasteiger partial charge in [0.1, 0.15) is 0 Å². The second-order valence-electron chi connectivity index (χ2n) is 4.72. The Morgan fingerprint density at radius 2 is 1.88 bits per heavy atom. The van der Waals surface area contributed by atoms with E-state index in [1.807, 2.05) is 0 Å². The maximum Gasteiger partial charge on any atom is 0.214 e. The molecule has 1 saturated heterocycles. The number of nitrogens with two attached hydrogens (primary N) is 1. The molecule has 2 N–H and O–H groups in total. The van der Waals surface area contributed by atoms with Crippen molar-refractivity contribution in [1.29, 1.82) is 0 Å². The zero-order valence-electron chi connectivity index (χ0n) is 9.47. The van der Waals surface area contributed by atoms with Gasteiger partial charge in [0, 0.05) is 19.1 Å². The molecule has 0 aromatic rings. The number of rotatable bonds is 4. The molecule has 4 nitrogen and oxygen atoms in total. The minimum atomic E-state index is -3.03. The Kier molecular flexibility index (Phi) is 5.04. The van der Waals surface area contributed by atoms with Gasteiger partial charge in [0.25, 0.3) is 0 Å². The van der Waals surface area contributed by atoms with Crippen LogP contribution in [0.2, 0.25) is 0 Å². The summed E-state index contributed by atoms with van der Waals surface area (Å²) in [6.45, 7) is 1.14. The molecule has 2 fully saturated rings. The number of nitrogens with zero attached hydrogens (tertiary/aromatic N) is 1. The molecule has 1 atom stereocenters. The van der Waals surface area contributed by atoms with E-state index in [0.29, 0.717) is 24.8 Å². The number of hydrogen-bond donors (Lipinski definition) is 1. The molecule has 2 aliphatic rings. The van der Waals surface area contributed by atoms with E-state index in [0.717, 1.165) is 32.1 Å². The minimum absolute atomic E-state index is 0. The van der Waals surface area contributed by atoms with E-state index in [2.05, 4.69) is 0 Å². The lowest BCUT2D eigenvalue weighted by atomic mass is 10.1. The van der Waals surface area contributed by atoms with E-state index in [1.165, 1.54) is 0 Å². The van der Waals surface area contributed by atoms with Gasteiger partial charge in [-0.1, -0.05) is 6.42 Å². The molecule has 0 aromatic heterocycles. The predicted octanol–water partition coefficient (Wildman–Crippen LogP) is 0.961. The first-order valence-corrected chi connectivity index (χ1v) is 7.44. The van der Waals surface area contributed by atoms with Gasteiger partial charge in [-0.2, -0.15) is 4.31 Å². The van der Waals surface area contributed by atoms with Crippen LogP contribution in [0.25, 0.3) is 0 Å². The van der Waals surface area contributed by atoms with Crippen LogP contribution in [0.3, 0.4) is 0 Å². The summed E-state index contributed by atoms with van der Waals surface area (Å²) in [7, 11) is -3.03. The summed E-state index contributed by atoms with van der Waals surface area (Å²) in [5.74, 6) is 0.777. The van der Waals surface area contributed by atoms with E-state index in [-0.39, 0.29) is 18.4 Å². The summed E-state index contributed by atoms with van der Waals surface area (Å²) in [4.78, 5) is 0. The smallest absolute Gasteiger partial charge is 0.214 e. The van der Waals surface area contributed by atoms with Gasteiger partial charge in [0.2, 0.25) is 10.0 Å². The predicted molar refractivity (Wildman–Crippen MR) is 67.2 cm³/mol. The topological polar surface area (TPSA) is 63.4 Å². The highest BCUT2D eigenvalue weighted by Gasteiger charge is 2.36. The first-order chi connectivity index (χ1) is 7.13. The Balaban J connectivity index is 0.00000128. The molecule has 96 valence electrons. The van der Waals surface area contributed by atoms with Crippen molar-refractivity contribution in [3.8, 4) is 0 Å². The SMILES string of the molecule is Cl.NCC1CCCCN1S(=O)(=O)CC1CC1. The molecule has 1 saturated carbocycles. The molecule has 0 bridgehead atoms. The number of hydrogen-bond acceptors (Lipinski definition) is 3. The molecule has 0 amide bonds. The summed E-state index contributed by atoms with van der Waals surface area (Å²) in [6, 6.07) is 0.0579. The Hall–Kier alpha value is 0.160. The first-order valence-electron chi connectivity index (χ1n) is 5.83. The lowest BCUT2D eigenvalue weighted by Crippen LogP contribution is -2.48. The molecule has 0 spiro atoms. The summed E-state index contributed by atoms with van der Waals surface area (Å²) in [6.07, 6.45) is 5.19. The van der Waals surface area contributed by atoms with Crippen LogP contribution in [0.15, 0.2) is 0 Å². The second kappa shape index (κ2) is 5.67. The zero-order valence-corrected chi connectivity index (χ0v) is 11.1. The highest BCUT2D eigenvalue weighted by Crippen LogP contribution is 2.32. The van der Waals surface area contributed by atoms with Crippen molar-refractivity contribution in [3.05, 3.63) is 0 Å². The van der Waals surface area contributed by atoms with Crippen LogP contribution in [0.4, 0.5) is 0 Å². The van der Waals surface area contributed by atoms with Gasteiger partial charge in [-0.05, 0) is 31.6 Å². The Morgan fingerprint density at radius 3 is 2.44 bits per heavy atom. The standard InChI is InChI=1S/C10H20N2O2S.ClH/c11-7-10-3-1-2-6-12(10)15(13,14)8-9-4-5-9;/h9-10H,1-8,11H2;1H. The van der Waals surface area contributed by atoms with Crippen LogP contribution < -0.4 is 5.73 Å². The van der Waals surface area contributed by atoms with Gasteiger partial charge in [-0.25, -0.2) is 8.42 Å². The van der Waals surface area contributed by atoms with Crippen molar-refractivity contribution >= 4 is 22.4 Å². The van der Waals surface area contributed by atoms with E-state index >= 15 is 0 Å². The molecule has 1 heterocycles. The third kappa shape index (κ3) is 3.32. The van der Waals surface area contributed by atoms with Crippen LogP contribution in [-0.4, -0.2) is 37.6 Å². The van der Waals surface area contributed by atoms with E-state index < -0.39 is 10.0 Å². The molecule has 16 heavy (non-hydrogen) atoms. The molecule has 0 radical (unpaired) electrons. The van der Waals surface area contributed by atoms with Crippen LogP contribution >= 0.6 is 12.4 Å². The average molecular weight is 269 g/mol. The Bertz CT molecular complexity index is 317. The monoisotopic (exact) mass is 268 g/mol. The molecular weight excluding hydrogens is 248 g/mol. The van der Waals surface area contributed by atoms with Gasteiger partial charge >= 0.3 is 0 Å². The van der Waals surface area contributed by atoms with Crippen molar-refractivity contribution < 1.29 is 8.42 Å². The normalized spacial score (nSPS) is 27.4. The van der Waals surface area contributed by atoms with Gasteiger partial charge < -0.3 is 5.73 Å². The summed E-state index contributed by atoms with van der Waals surface area (Å²) in [5, 5.41) is 0. The van der Waals surface area contributed by atoms with Gasteiger partial charge in [-0.3, -0.25) is 0 Å². The fourth-order valence-corrected chi connectivity index (χ4v) is 4.43. The fraction of sp³-hybridized carbons (Fsp3) is 1.00. The second-order valence-corrected chi connectivity index (χ2v) is 6.68. The number of halogens is 1. The summed E-state index contributed by atoms with van der Waals surface area (Å²) < 4.78 is 25.8. The van der Waals surface area contributed by atoms with E-state index in [1.54, 1.807) is 4.31 Å². The molecular formula is C10H21ClN2O2S. The summed E-state index contributed by atoms with van der Waals surface area (Å²) in [5.41, 5.74) is 5.63. The molecule has 1 unspecified atom stereocenters.